The zero-order valence-corrected chi connectivity index (χ0v) is 18.5. The Morgan fingerprint density at radius 1 is 1.31 bits per heavy atom. The molecule has 1 atom stereocenters. The first-order valence-corrected chi connectivity index (χ1v) is 10.7. The zero-order valence-electron chi connectivity index (χ0n) is 18.5. The number of aromatic nitrogens is 2. The summed E-state index contributed by atoms with van der Waals surface area (Å²) in [7, 11) is 2.00. The number of hydrogen-bond donors (Lipinski definition) is 2. The Balaban J connectivity index is 1.63. The molecule has 0 amide bonds. The van der Waals surface area contributed by atoms with Crippen LogP contribution < -0.4 is 15.4 Å². The topological polar surface area (TPSA) is 63.5 Å². The van der Waals surface area contributed by atoms with E-state index in [2.05, 4.69) is 49.5 Å². The van der Waals surface area contributed by atoms with E-state index in [0.717, 1.165) is 48.5 Å². The molecule has 1 aromatic carbocycles. The Kier molecular flexibility index (Phi) is 7.18. The van der Waals surface area contributed by atoms with E-state index in [1.165, 1.54) is 24.1 Å². The first kappa shape index (κ1) is 21.2. The molecule has 6 heteroatoms. The number of ether oxygens (including phenoxy) is 1. The van der Waals surface area contributed by atoms with Crippen molar-refractivity contribution in [1.29, 1.82) is 0 Å². The van der Waals surface area contributed by atoms with Gasteiger partial charge in [-0.25, -0.2) is 4.99 Å². The first-order chi connectivity index (χ1) is 14.0. The second kappa shape index (κ2) is 9.81. The molecule has 1 fully saturated rings. The molecule has 158 valence electrons. The first-order valence-electron chi connectivity index (χ1n) is 10.7. The van der Waals surface area contributed by atoms with Gasteiger partial charge in [0.2, 0.25) is 0 Å². The quantitative estimate of drug-likeness (QED) is 0.502. The Bertz CT molecular complexity index is 838. The van der Waals surface area contributed by atoms with E-state index in [0.29, 0.717) is 6.54 Å². The highest BCUT2D eigenvalue weighted by molar-refractivity contribution is 5.80. The van der Waals surface area contributed by atoms with Crippen LogP contribution in [0.3, 0.4) is 0 Å². The highest BCUT2D eigenvalue weighted by atomic mass is 16.5. The van der Waals surface area contributed by atoms with E-state index in [-0.39, 0.29) is 6.04 Å². The van der Waals surface area contributed by atoms with Crippen molar-refractivity contribution in [1.82, 2.24) is 20.4 Å². The molecule has 1 unspecified atom stereocenters. The number of aryl methyl sites for hydroxylation is 2. The fourth-order valence-corrected chi connectivity index (χ4v) is 3.46. The van der Waals surface area contributed by atoms with Gasteiger partial charge in [-0.1, -0.05) is 18.2 Å². The van der Waals surface area contributed by atoms with Crippen molar-refractivity contribution in [3.05, 3.63) is 46.8 Å². The third-order valence-electron chi connectivity index (χ3n) is 5.45. The summed E-state index contributed by atoms with van der Waals surface area (Å²) >= 11 is 0. The number of para-hydroxylation sites is 1. The second-order valence-electron chi connectivity index (χ2n) is 8.08. The summed E-state index contributed by atoms with van der Waals surface area (Å²) in [6, 6.07) is 8.46. The lowest BCUT2D eigenvalue weighted by molar-refractivity contribution is 0.297. The summed E-state index contributed by atoms with van der Waals surface area (Å²) in [4.78, 5) is 4.81. The monoisotopic (exact) mass is 397 g/mol. The van der Waals surface area contributed by atoms with Crippen LogP contribution in [0.2, 0.25) is 0 Å². The molecule has 0 bridgehead atoms. The molecular formula is C23H35N5O. The van der Waals surface area contributed by atoms with Gasteiger partial charge in [-0.15, -0.1) is 0 Å². The van der Waals surface area contributed by atoms with E-state index in [1.54, 1.807) is 0 Å². The van der Waals surface area contributed by atoms with Gasteiger partial charge >= 0.3 is 0 Å². The molecule has 1 aliphatic carbocycles. The normalized spacial score (nSPS) is 15.3. The number of hydrogen-bond acceptors (Lipinski definition) is 3. The summed E-state index contributed by atoms with van der Waals surface area (Å²) in [6.07, 6.45) is 3.50. The van der Waals surface area contributed by atoms with Crippen molar-refractivity contribution < 1.29 is 4.74 Å². The van der Waals surface area contributed by atoms with E-state index >= 15 is 0 Å². The minimum absolute atomic E-state index is 0.246. The summed E-state index contributed by atoms with van der Waals surface area (Å²) < 4.78 is 7.98. The van der Waals surface area contributed by atoms with Gasteiger partial charge in [-0.2, -0.15) is 5.10 Å². The minimum atomic E-state index is 0.246. The Morgan fingerprint density at radius 2 is 2.07 bits per heavy atom. The standard InChI is InChI=1S/C23H35N5O/c1-6-24-23(26-16(2)13-21-17(3)27-28(5)18(21)4)25-14-20-9-7-8-10-22(20)29-15-19-11-12-19/h7-10,16,19H,6,11-15H2,1-5H3,(H2,24,25,26). The van der Waals surface area contributed by atoms with Crippen LogP contribution >= 0.6 is 0 Å². The van der Waals surface area contributed by atoms with Crippen LogP contribution in [0.25, 0.3) is 0 Å². The van der Waals surface area contributed by atoms with Gasteiger partial charge in [0.05, 0.1) is 18.8 Å². The molecule has 1 aromatic heterocycles. The maximum atomic E-state index is 6.02. The summed E-state index contributed by atoms with van der Waals surface area (Å²) in [5.41, 5.74) is 4.75. The average Bonchev–Trinajstić information content (AvgIpc) is 3.49. The number of nitrogens with one attached hydrogen (secondary N) is 2. The van der Waals surface area contributed by atoms with Crippen molar-refractivity contribution in [2.24, 2.45) is 18.0 Å². The average molecular weight is 398 g/mol. The lowest BCUT2D eigenvalue weighted by atomic mass is 10.1. The number of benzene rings is 1. The molecule has 2 aromatic rings. The van der Waals surface area contributed by atoms with Crippen LogP contribution in [-0.4, -0.2) is 34.9 Å². The van der Waals surface area contributed by atoms with Gasteiger partial charge in [0, 0.05) is 30.9 Å². The maximum absolute atomic E-state index is 6.02. The van der Waals surface area contributed by atoms with Gasteiger partial charge < -0.3 is 15.4 Å². The fourth-order valence-electron chi connectivity index (χ4n) is 3.46. The smallest absolute Gasteiger partial charge is 0.191 e. The Hall–Kier alpha value is -2.50. The third-order valence-corrected chi connectivity index (χ3v) is 5.45. The highest BCUT2D eigenvalue weighted by Gasteiger charge is 2.22. The summed E-state index contributed by atoms with van der Waals surface area (Å²) in [5.74, 6) is 2.52. The van der Waals surface area contributed by atoms with E-state index in [4.69, 9.17) is 9.73 Å². The van der Waals surface area contributed by atoms with Crippen LogP contribution in [-0.2, 0) is 20.0 Å². The van der Waals surface area contributed by atoms with Gasteiger partial charge in [0.25, 0.3) is 0 Å². The van der Waals surface area contributed by atoms with Crippen molar-refractivity contribution in [3.8, 4) is 5.75 Å². The number of rotatable bonds is 9. The molecule has 0 saturated heterocycles. The molecule has 2 N–H and O–H groups in total. The van der Waals surface area contributed by atoms with Crippen LogP contribution in [0.5, 0.6) is 5.75 Å². The van der Waals surface area contributed by atoms with E-state index in [9.17, 15) is 0 Å². The maximum Gasteiger partial charge on any atom is 0.191 e. The molecule has 3 rings (SSSR count). The SMILES string of the molecule is CCNC(=NCc1ccccc1OCC1CC1)NC(C)Cc1c(C)nn(C)c1C. The number of aliphatic imine (C=N–C) groups is 1. The molecule has 1 heterocycles. The Morgan fingerprint density at radius 3 is 2.72 bits per heavy atom. The molecule has 1 aliphatic rings. The molecule has 29 heavy (non-hydrogen) atoms. The van der Waals surface area contributed by atoms with Crippen molar-refractivity contribution in [2.75, 3.05) is 13.2 Å². The molecule has 1 saturated carbocycles. The summed E-state index contributed by atoms with van der Waals surface area (Å²) in [5, 5.41) is 11.4. The van der Waals surface area contributed by atoms with Gasteiger partial charge in [-0.3, -0.25) is 4.68 Å². The van der Waals surface area contributed by atoms with Crippen LogP contribution in [0.4, 0.5) is 0 Å². The van der Waals surface area contributed by atoms with Gasteiger partial charge in [0.1, 0.15) is 5.75 Å². The van der Waals surface area contributed by atoms with E-state index < -0.39 is 0 Å². The van der Waals surface area contributed by atoms with Gasteiger partial charge in [-0.05, 0) is 64.5 Å². The molecule has 0 radical (unpaired) electrons. The van der Waals surface area contributed by atoms with Crippen LogP contribution in [0.15, 0.2) is 29.3 Å². The lowest BCUT2D eigenvalue weighted by Gasteiger charge is -2.18. The number of nitrogens with zero attached hydrogens (tertiary/aromatic N) is 3. The predicted octanol–water partition coefficient (Wildman–Crippen LogP) is 3.51. The largest absolute Gasteiger partial charge is 0.493 e. The fraction of sp³-hybridized carbons (Fsp3) is 0.565. The highest BCUT2D eigenvalue weighted by Crippen LogP contribution is 2.30. The Labute approximate surface area is 174 Å². The van der Waals surface area contributed by atoms with Crippen molar-refractivity contribution in [2.45, 2.75) is 59.5 Å². The second-order valence-corrected chi connectivity index (χ2v) is 8.08. The molecule has 6 nitrogen and oxygen atoms in total. The number of guanidine groups is 1. The van der Waals surface area contributed by atoms with Crippen LogP contribution in [0.1, 0.15) is 49.2 Å². The summed E-state index contributed by atoms with van der Waals surface area (Å²) in [6.45, 7) is 10.7. The molecule has 0 spiro atoms. The minimum Gasteiger partial charge on any atom is -0.493 e. The van der Waals surface area contributed by atoms with Gasteiger partial charge in [0.15, 0.2) is 5.96 Å². The molecular weight excluding hydrogens is 362 g/mol. The van der Waals surface area contributed by atoms with Crippen molar-refractivity contribution in [3.63, 3.8) is 0 Å². The molecule has 0 aliphatic heterocycles. The third kappa shape index (κ3) is 5.99. The van der Waals surface area contributed by atoms with Crippen molar-refractivity contribution >= 4 is 5.96 Å². The lowest BCUT2D eigenvalue weighted by Crippen LogP contribution is -2.43. The van der Waals surface area contributed by atoms with E-state index in [1.807, 2.05) is 29.9 Å². The van der Waals surface area contributed by atoms with Crippen LogP contribution in [0, 0.1) is 19.8 Å². The predicted molar refractivity (Wildman–Crippen MR) is 118 cm³/mol. The zero-order chi connectivity index (χ0) is 20.8.